The number of anilines is 1. The summed E-state index contributed by atoms with van der Waals surface area (Å²) in [4.78, 5) is 17.1. The fourth-order valence-corrected chi connectivity index (χ4v) is 7.30. The topological polar surface area (TPSA) is 92.7 Å². The summed E-state index contributed by atoms with van der Waals surface area (Å²) in [6.07, 6.45) is 2.00. The van der Waals surface area contributed by atoms with Crippen LogP contribution in [0.5, 0.6) is 5.75 Å². The van der Waals surface area contributed by atoms with Gasteiger partial charge in [0.1, 0.15) is 10.7 Å². The number of carbonyl (C=O) groups excluding carboxylic acids is 1. The van der Waals surface area contributed by atoms with Crippen LogP contribution in [0.1, 0.15) is 42.5 Å². The number of ether oxygens (including phenoxy) is 1. The molecule has 0 bridgehead atoms. The Morgan fingerprint density at radius 2 is 1.62 bits per heavy atom. The maximum absolute atomic E-state index is 13.4. The molecule has 0 fully saturated rings. The van der Waals surface area contributed by atoms with Gasteiger partial charge in [0.2, 0.25) is 0 Å². The summed E-state index contributed by atoms with van der Waals surface area (Å²) >= 11 is 14.6. The third-order valence-electron chi connectivity index (χ3n) is 7.80. The highest BCUT2D eigenvalue weighted by Gasteiger charge is 2.29. The zero-order valence-electron chi connectivity index (χ0n) is 26.8. The number of aromatic nitrogens is 2. The van der Waals surface area contributed by atoms with Crippen LogP contribution in [0.3, 0.4) is 0 Å². The number of halogens is 2. The van der Waals surface area contributed by atoms with Crippen LogP contribution in [0.4, 0.5) is 5.69 Å². The molecule has 12 heteroatoms. The van der Waals surface area contributed by atoms with Gasteiger partial charge in [-0.3, -0.25) is 4.55 Å². The summed E-state index contributed by atoms with van der Waals surface area (Å²) in [5, 5.41) is 0.931. The second-order valence-electron chi connectivity index (χ2n) is 10.8. The highest BCUT2D eigenvalue weighted by atomic mass is 35.5. The Hall–Kier alpha value is -3.80. The van der Waals surface area contributed by atoms with Crippen LogP contribution >= 0.6 is 35.0 Å². The molecule has 0 atom stereocenters. The van der Waals surface area contributed by atoms with Gasteiger partial charge in [-0.25, -0.2) is 13.9 Å². The largest absolute Gasteiger partial charge is 0.422 e. The molecule has 250 valence electrons. The van der Waals surface area contributed by atoms with Crippen molar-refractivity contribution in [1.82, 2.24) is 4.57 Å². The maximum Gasteiger partial charge on any atom is 0.343 e. The van der Waals surface area contributed by atoms with Crippen molar-refractivity contribution in [1.29, 1.82) is 0 Å². The highest BCUT2D eigenvalue weighted by Crippen LogP contribution is 2.39. The summed E-state index contributed by atoms with van der Waals surface area (Å²) in [6, 6.07) is 27.9. The van der Waals surface area contributed by atoms with E-state index in [1.807, 2.05) is 73.7 Å². The quantitative estimate of drug-likeness (QED) is 0.0428. The molecule has 0 radical (unpaired) electrons. The Labute approximate surface area is 295 Å². The van der Waals surface area contributed by atoms with Crippen molar-refractivity contribution in [2.45, 2.75) is 38.8 Å². The van der Waals surface area contributed by atoms with Gasteiger partial charge in [0, 0.05) is 47.4 Å². The Kier molecular flexibility index (Phi) is 11.5. The van der Waals surface area contributed by atoms with E-state index in [4.69, 9.17) is 27.9 Å². The lowest BCUT2D eigenvalue weighted by Crippen LogP contribution is -2.36. The molecule has 8 nitrogen and oxygen atoms in total. The zero-order valence-corrected chi connectivity index (χ0v) is 29.9. The molecule has 0 amide bonds. The summed E-state index contributed by atoms with van der Waals surface area (Å²) in [5.41, 5.74) is 3.54. The molecule has 0 aliphatic rings. The van der Waals surface area contributed by atoms with Gasteiger partial charge in [0.05, 0.1) is 34.5 Å². The Morgan fingerprint density at radius 1 is 0.958 bits per heavy atom. The normalized spacial score (nSPS) is 12.0. The third-order valence-corrected chi connectivity index (χ3v) is 10.2. The standard InChI is InChI=1S/C36H35Cl2N3O5S2/c1-4-39(19-20-48(43,44)45)27-18-17-26(33(22-27)46-36(42)25-13-9-7-10-14-25)21-34(47-28-15-11-8-12-16-28)35-40(5-2)31-23-29(37)30(38)24-32(31)41(35)6-3/h7-18,21-24H,4-6,19-20H2,1-3H3/p+1. The van der Waals surface area contributed by atoms with E-state index < -0.39 is 21.8 Å². The van der Waals surface area contributed by atoms with Crippen molar-refractivity contribution < 1.29 is 27.1 Å². The lowest BCUT2D eigenvalue weighted by Gasteiger charge is -2.23. The first kappa shape index (κ1) is 35.5. The van der Waals surface area contributed by atoms with Crippen molar-refractivity contribution in [3.8, 4) is 5.75 Å². The van der Waals surface area contributed by atoms with E-state index in [1.165, 1.54) is 0 Å². The number of carbonyl (C=O) groups is 1. The number of esters is 1. The van der Waals surface area contributed by atoms with Crippen molar-refractivity contribution in [2.75, 3.05) is 23.7 Å². The van der Waals surface area contributed by atoms with Gasteiger partial charge in [-0.15, -0.1) is 0 Å². The minimum atomic E-state index is -4.18. The van der Waals surface area contributed by atoms with Gasteiger partial charge < -0.3 is 9.64 Å². The Morgan fingerprint density at radius 3 is 2.25 bits per heavy atom. The number of benzene rings is 4. The zero-order chi connectivity index (χ0) is 34.4. The second-order valence-corrected chi connectivity index (χ2v) is 14.3. The predicted molar refractivity (Wildman–Crippen MR) is 196 cm³/mol. The van der Waals surface area contributed by atoms with Crippen LogP contribution in [-0.2, 0) is 23.2 Å². The van der Waals surface area contributed by atoms with Gasteiger partial charge in [-0.05, 0) is 63.2 Å². The lowest BCUT2D eigenvalue weighted by atomic mass is 10.1. The number of fused-ring (bicyclic) bond motifs is 1. The van der Waals surface area contributed by atoms with Crippen LogP contribution in [-0.4, -0.2) is 42.3 Å². The van der Waals surface area contributed by atoms with E-state index in [2.05, 4.69) is 23.0 Å². The van der Waals surface area contributed by atoms with Gasteiger partial charge >= 0.3 is 5.97 Å². The Bertz CT molecular complexity index is 2020. The first-order valence-corrected chi connectivity index (χ1v) is 18.7. The molecular weight excluding hydrogens is 689 g/mol. The molecule has 0 spiro atoms. The molecule has 1 N–H and O–H groups in total. The molecule has 0 saturated heterocycles. The molecule has 5 rings (SSSR count). The van der Waals surface area contributed by atoms with Crippen LogP contribution in [0.15, 0.2) is 95.9 Å². The number of nitrogens with zero attached hydrogens (tertiary/aromatic N) is 3. The van der Waals surface area contributed by atoms with Crippen LogP contribution < -0.4 is 14.2 Å². The Balaban J connectivity index is 1.72. The second kappa shape index (κ2) is 15.6. The number of rotatable bonds is 13. The molecule has 48 heavy (non-hydrogen) atoms. The highest BCUT2D eigenvalue weighted by molar-refractivity contribution is 8.08. The van der Waals surface area contributed by atoms with Gasteiger partial charge in [-0.1, -0.05) is 71.4 Å². The van der Waals surface area contributed by atoms with Crippen LogP contribution in [0.2, 0.25) is 10.0 Å². The average Bonchev–Trinajstić information content (AvgIpc) is 3.38. The van der Waals surface area contributed by atoms with E-state index in [0.29, 0.717) is 52.2 Å². The number of imidazole rings is 1. The van der Waals surface area contributed by atoms with Crippen molar-refractivity contribution in [3.63, 3.8) is 0 Å². The van der Waals surface area contributed by atoms with Gasteiger partial charge in [0.15, 0.2) is 11.0 Å². The SMILES string of the molecule is CCN(CCS(=O)(=O)O)c1ccc(/C=C(\Sc2ccccc2)c2n(CC)c3cc(Cl)c(Cl)cc3[n+]2CC)c(OC(=O)c2ccccc2)c1. The fourth-order valence-electron chi connectivity index (χ4n) is 5.49. The fraction of sp³-hybridized carbons (Fsp3) is 0.222. The molecule has 0 aliphatic carbocycles. The van der Waals surface area contributed by atoms with Gasteiger partial charge in [0.25, 0.3) is 15.9 Å². The van der Waals surface area contributed by atoms with Gasteiger partial charge in [-0.2, -0.15) is 8.42 Å². The van der Waals surface area contributed by atoms with Crippen LogP contribution in [0, 0.1) is 0 Å². The average molecular weight is 726 g/mol. The lowest BCUT2D eigenvalue weighted by molar-refractivity contribution is -0.670. The first-order chi connectivity index (χ1) is 23.0. The van der Waals surface area contributed by atoms with E-state index in [9.17, 15) is 17.8 Å². The molecule has 0 saturated carbocycles. The van der Waals surface area contributed by atoms with Crippen LogP contribution in [0.25, 0.3) is 22.0 Å². The first-order valence-electron chi connectivity index (χ1n) is 15.5. The summed E-state index contributed by atoms with van der Waals surface area (Å²) in [7, 11) is -4.18. The monoisotopic (exact) mass is 724 g/mol. The summed E-state index contributed by atoms with van der Waals surface area (Å²) < 4.78 is 43.0. The van der Waals surface area contributed by atoms with Crippen molar-refractivity contribution in [2.24, 2.45) is 0 Å². The van der Waals surface area contributed by atoms with E-state index in [-0.39, 0.29) is 6.54 Å². The predicted octanol–water partition coefficient (Wildman–Crippen LogP) is 8.50. The van der Waals surface area contributed by atoms with Crippen molar-refractivity contribution >= 4 is 78.8 Å². The van der Waals surface area contributed by atoms with E-state index >= 15 is 0 Å². The summed E-state index contributed by atoms with van der Waals surface area (Å²) in [5.74, 6) is 0.254. The molecule has 5 aromatic rings. The minimum absolute atomic E-state index is 0.0594. The smallest absolute Gasteiger partial charge is 0.343 e. The molecular formula is C36H36Cl2N3O5S2+. The molecule has 4 aromatic carbocycles. The molecule has 1 heterocycles. The number of aryl methyl sites for hydroxylation is 2. The number of thioether (sulfide) groups is 1. The maximum atomic E-state index is 13.4. The van der Waals surface area contributed by atoms with E-state index in [0.717, 1.165) is 26.7 Å². The minimum Gasteiger partial charge on any atom is -0.422 e. The van der Waals surface area contributed by atoms with Crippen molar-refractivity contribution in [3.05, 3.63) is 118 Å². The number of hydrogen-bond acceptors (Lipinski definition) is 6. The summed E-state index contributed by atoms with van der Waals surface area (Å²) in [6.45, 7) is 7.85. The number of hydrogen-bond donors (Lipinski definition) is 1. The third kappa shape index (κ3) is 8.25. The van der Waals surface area contributed by atoms with E-state index in [1.54, 1.807) is 47.0 Å². The molecule has 0 unspecified atom stereocenters. The molecule has 1 aromatic heterocycles. The molecule has 0 aliphatic heterocycles.